The van der Waals surface area contributed by atoms with Crippen LogP contribution in [0.3, 0.4) is 0 Å². The topological polar surface area (TPSA) is 79.8 Å². The molecular weight excluding hydrogens is 299 g/mol. The molecule has 0 aliphatic heterocycles. The van der Waals surface area contributed by atoms with E-state index < -0.39 is 0 Å². The van der Waals surface area contributed by atoms with Gasteiger partial charge in [0.2, 0.25) is 5.91 Å². The Bertz CT molecular complexity index is 942. The van der Waals surface area contributed by atoms with Crippen molar-refractivity contribution in [2.24, 2.45) is 0 Å². The van der Waals surface area contributed by atoms with E-state index in [9.17, 15) is 14.0 Å². The van der Waals surface area contributed by atoms with Gasteiger partial charge in [-0.25, -0.2) is 9.37 Å². The molecule has 1 aromatic carbocycles. The van der Waals surface area contributed by atoms with Crippen LogP contribution in [-0.2, 0) is 11.3 Å². The van der Waals surface area contributed by atoms with Gasteiger partial charge in [0, 0.05) is 29.9 Å². The predicted molar refractivity (Wildman–Crippen MR) is 85.7 cm³/mol. The molecule has 2 aromatic heterocycles. The van der Waals surface area contributed by atoms with Crippen molar-refractivity contribution in [2.45, 2.75) is 32.9 Å². The van der Waals surface area contributed by atoms with E-state index in [4.69, 9.17) is 0 Å². The number of fused-ring (bicyclic) bond motifs is 3. The third kappa shape index (κ3) is 2.94. The molecule has 0 fully saturated rings. The number of carbonyl (C=O) groups excluding carboxylic acids is 1. The molecule has 6 nitrogen and oxygen atoms in total. The number of aromatic amines is 1. The fourth-order valence-corrected chi connectivity index (χ4v) is 2.54. The highest BCUT2D eigenvalue weighted by Gasteiger charge is 2.12. The van der Waals surface area contributed by atoms with Crippen LogP contribution in [0.15, 0.2) is 29.3 Å². The van der Waals surface area contributed by atoms with Crippen LogP contribution in [0.1, 0.15) is 20.3 Å². The number of hydrogen-bond acceptors (Lipinski definition) is 3. The number of hydrogen-bond donors (Lipinski definition) is 2. The lowest BCUT2D eigenvalue weighted by Crippen LogP contribution is -2.32. The SMILES string of the molecule is CC(C)NC(=O)CCn1cnc2c([nH]c3ccc(F)cc32)c1=O. The molecule has 120 valence electrons. The summed E-state index contributed by atoms with van der Waals surface area (Å²) in [6.45, 7) is 3.99. The minimum absolute atomic E-state index is 0.0587. The van der Waals surface area contributed by atoms with Gasteiger partial charge in [-0.15, -0.1) is 0 Å². The lowest BCUT2D eigenvalue weighted by atomic mass is 10.2. The number of carbonyl (C=O) groups is 1. The van der Waals surface area contributed by atoms with Crippen LogP contribution in [0.25, 0.3) is 21.9 Å². The minimum atomic E-state index is -0.380. The first kappa shape index (κ1) is 15.2. The normalized spacial score (nSPS) is 11.5. The third-order valence-corrected chi connectivity index (χ3v) is 3.56. The summed E-state index contributed by atoms with van der Waals surface area (Å²) in [4.78, 5) is 31.4. The molecule has 0 aliphatic carbocycles. The van der Waals surface area contributed by atoms with Crippen LogP contribution in [0.2, 0.25) is 0 Å². The van der Waals surface area contributed by atoms with Gasteiger partial charge in [0.15, 0.2) is 0 Å². The lowest BCUT2D eigenvalue weighted by Gasteiger charge is -2.09. The second-order valence-electron chi connectivity index (χ2n) is 5.75. The molecule has 0 atom stereocenters. The Balaban J connectivity index is 1.94. The first-order valence-corrected chi connectivity index (χ1v) is 7.41. The number of benzene rings is 1. The van der Waals surface area contributed by atoms with E-state index >= 15 is 0 Å². The highest BCUT2D eigenvalue weighted by atomic mass is 19.1. The number of nitrogens with one attached hydrogen (secondary N) is 2. The Morgan fingerprint density at radius 2 is 2.22 bits per heavy atom. The first-order chi connectivity index (χ1) is 11.0. The average molecular weight is 316 g/mol. The molecule has 0 radical (unpaired) electrons. The lowest BCUT2D eigenvalue weighted by molar-refractivity contribution is -0.121. The van der Waals surface area contributed by atoms with Crippen molar-refractivity contribution in [1.82, 2.24) is 19.9 Å². The number of aromatic nitrogens is 3. The third-order valence-electron chi connectivity index (χ3n) is 3.56. The fraction of sp³-hybridized carbons (Fsp3) is 0.312. The van der Waals surface area contributed by atoms with Gasteiger partial charge in [0.05, 0.1) is 6.33 Å². The van der Waals surface area contributed by atoms with Crippen LogP contribution in [-0.4, -0.2) is 26.5 Å². The molecule has 0 bridgehead atoms. The number of H-pyrrole nitrogens is 1. The van der Waals surface area contributed by atoms with Crippen LogP contribution in [0.5, 0.6) is 0 Å². The van der Waals surface area contributed by atoms with Gasteiger partial charge in [0.1, 0.15) is 16.9 Å². The summed E-state index contributed by atoms with van der Waals surface area (Å²) in [5.41, 5.74) is 1.13. The maximum Gasteiger partial charge on any atom is 0.277 e. The molecule has 0 saturated heterocycles. The van der Waals surface area contributed by atoms with E-state index in [0.29, 0.717) is 21.9 Å². The number of halogens is 1. The van der Waals surface area contributed by atoms with Gasteiger partial charge >= 0.3 is 0 Å². The Morgan fingerprint density at radius 3 is 2.96 bits per heavy atom. The van der Waals surface area contributed by atoms with Crippen molar-refractivity contribution in [1.29, 1.82) is 0 Å². The Kier molecular flexibility index (Phi) is 3.85. The second-order valence-corrected chi connectivity index (χ2v) is 5.75. The van der Waals surface area contributed by atoms with Crippen molar-refractivity contribution in [3.8, 4) is 0 Å². The summed E-state index contributed by atoms with van der Waals surface area (Å²) in [6.07, 6.45) is 1.59. The monoisotopic (exact) mass is 316 g/mol. The molecule has 23 heavy (non-hydrogen) atoms. The maximum atomic E-state index is 13.4. The van der Waals surface area contributed by atoms with E-state index in [0.717, 1.165) is 0 Å². The fourth-order valence-electron chi connectivity index (χ4n) is 2.54. The van der Waals surface area contributed by atoms with E-state index in [1.54, 1.807) is 6.07 Å². The molecular formula is C16H17FN4O2. The molecule has 0 saturated carbocycles. The summed E-state index contributed by atoms with van der Waals surface area (Å²) >= 11 is 0. The van der Waals surface area contributed by atoms with Gasteiger partial charge in [-0.05, 0) is 32.0 Å². The Hall–Kier alpha value is -2.70. The summed E-state index contributed by atoms with van der Waals surface area (Å²) in [7, 11) is 0. The number of nitrogens with zero attached hydrogens (tertiary/aromatic N) is 2. The molecule has 0 aliphatic rings. The average Bonchev–Trinajstić information content (AvgIpc) is 2.85. The van der Waals surface area contributed by atoms with E-state index in [2.05, 4.69) is 15.3 Å². The standard InChI is InChI=1S/C16H17FN4O2/c1-9(2)19-13(22)5-6-21-8-18-14-11-7-10(17)3-4-12(11)20-15(14)16(21)23/h3-4,7-9,20H,5-6H2,1-2H3,(H,19,22). The number of amides is 1. The van der Waals surface area contributed by atoms with E-state index in [-0.39, 0.29) is 36.3 Å². The minimum Gasteiger partial charge on any atom is -0.354 e. The molecule has 3 rings (SSSR count). The zero-order chi connectivity index (χ0) is 16.6. The largest absolute Gasteiger partial charge is 0.354 e. The van der Waals surface area contributed by atoms with Gasteiger partial charge in [-0.3, -0.25) is 14.2 Å². The maximum absolute atomic E-state index is 13.4. The molecule has 7 heteroatoms. The Labute approximate surface area is 131 Å². The highest BCUT2D eigenvalue weighted by Crippen LogP contribution is 2.21. The number of aryl methyl sites for hydroxylation is 1. The Morgan fingerprint density at radius 1 is 1.43 bits per heavy atom. The van der Waals surface area contributed by atoms with Crippen molar-refractivity contribution in [3.05, 3.63) is 40.7 Å². The van der Waals surface area contributed by atoms with Gasteiger partial charge in [0.25, 0.3) is 5.56 Å². The highest BCUT2D eigenvalue weighted by molar-refractivity contribution is 6.04. The van der Waals surface area contributed by atoms with Crippen molar-refractivity contribution < 1.29 is 9.18 Å². The molecule has 0 spiro atoms. The van der Waals surface area contributed by atoms with E-state index in [1.807, 2.05) is 13.8 Å². The van der Waals surface area contributed by atoms with Gasteiger partial charge in [-0.2, -0.15) is 0 Å². The molecule has 2 N–H and O–H groups in total. The van der Waals surface area contributed by atoms with Crippen LogP contribution < -0.4 is 10.9 Å². The predicted octanol–water partition coefficient (Wildman–Crippen LogP) is 1.93. The summed E-state index contributed by atoms with van der Waals surface area (Å²) < 4.78 is 14.7. The van der Waals surface area contributed by atoms with Gasteiger partial charge in [-0.1, -0.05) is 0 Å². The van der Waals surface area contributed by atoms with E-state index in [1.165, 1.54) is 23.0 Å². The number of rotatable bonds is 4. The van der Waals surface area contributed by atoms with Crippen LogP contribution in [0, 0.1) is 5.82 Å². The smallest absolute Gasteiger partial charge is 0.277 e. The zero-order valence-corrected chi connectivity index (χ0v) is 12.9. The molecule has 1 amide bonds. The van der Waals surface area contributed by atoms with Crippen LogP contribution >= 0.6 is 0 Å². The summed E-state index contributed by atoms with van der Waals surface area (Å²) in [5.74, 6) is -0.500. The van der Waals surface area contributed by atoms with Crippen LogP contribution in [0.4, 0.5) is 4.39 Å². The van der Waals surface area contributed by atoms with Crippen molar-refractivity contribution >= 4 is 27.8 Å². The molecule has 0 unspecified atom stereocenters. The second kappa shape index (κ2) is 5.83. The summed E-state index contributed by atoms with van der Waals surface area (Å²) in [5, 5.41) is 3.34. The zero-order valence-electron chi connectivity index (χ0n) is 12.9. The quantitative estimate of drug-likeness (QED) is 0.772. The van der Waals surface area contributed by atoms with Gasteiger partial charge < -0.3 is 10.3 Å². The summed E-state index contributed by atoms with van der Waals surface area (Å²) in [6, 6.07) is 4.31. The molecule has 3 aromatic rings. The van der Waals surface area contributed by atoms with Crippen molar-refractivity contribution in [2.75, 3.05) is 0 Å². The molecule has 2 heterocycles. The van der Waals surface area contributed by atoms with Crippen molar-refractivity contribution in [3.63, 3.8) is 0 Å². The first-order valence-electron chi connectivity index (χ1n) is 7.41.